The zero-order valence-electron chi connectivity index (χ0n) is 19.8. The number of nitrogens with one attached hydrogen (secondary N) is 1. The van der Waals surface area contributed by atoms with Gasteiger partial charge < -0.3 is 9.88 Å². The first-order chi connectivity index (χ1) is 16.0. The van der Waals surface area contributed by atoms with Crippen LogP contribution in [0.25, 0.3) is 11.3 Å². The zero-order chi connectivity index (χ0) is 23.2. The molecule has 3 aromatic rings. The van der Waals surface area contributed by atoms with Crippen LogP contribution >= 0.6 is 0 Å². The van der Waals surface area contributed by atoms with Crippen molar-refractivity contribution in [2.75, 3.05) is 6.54 Å². The predicted octanol–water partition coefficient (Wildman–Crippen LogP) is 4.90. The maximum Gasteiger partial charge on any atom is 0.222 e. The van der Waals surface area contributed by atoms with Crippen molar-refractivity contribution in [1.82, 2.24) is 29.8 Å². The van der Waals surface area contributed by atoms with E-state index in [1.807, 2.05) is 48.3 Å². The number of amides is 1. The molecular formula is C26H34N6O. The predicted molar refractivity (Wildman–Crippen MR) is 129 cm³/mol. The maximum atomic E-state index is 12.4. The SMILES string of the molecule is CC(C)c1ncc(-c2ccccn2)c(C2CCC(CNC(=O)CC(C)n3ccnc3)CC2)n1. The summed E-state index contributed by atoms with van der Waals surface area (Å²) in [6.45, 7) is 7.05. The third kappa shape index (κ3) is 5.83. The van der Waals surface area contributed by atoms with Crippen LogP contribution < -0.4 is 5.32 Å². The second-order valence-electron chi connectivity index (χ2n) is 9.48. The number of nitrogens with zero attached hydrogens (tertiary/aromatic N) is 5. The smallest absolute Gasteiger partial charge is 0.222 e. The third-order valence-corrected chi connectivity index (χ3v) is 6.63. The summed E-state index contributed by atoms with van der Waals surface area (Å²) in [4.78, 5) is 30.6. The highest BCUT2D eigenvalue weighted by Crippen LogP contribution is 2.38. The van der Waals surface area contributed by atoms with Gasteiger partial charge in [0, 0.05) is 61.2 Å². The summed E-state index contributed by atoms with van der Waals surface area (Å²) >= 11 is 0. The Kier molecular flexibility index (Phi) is 7.47. The Morgan fingerprint density at radius 3 is 2.61 bits per heavy atom. The summed E-state index contributed by atoms with van der Waals surface area (Å²) in [6, 6.07) is 6.09. The summed E-state index contributed by atoms with van der Waals surface area (Å²) in [6.07, 6.45) is 14.0. The van der Waals surface area contributed by atoms with Crippen molar-refractivity contribution in [3.8, 4) is 11.3 Å². The Morgan fingerprint density at radius 2 is 1.94 bits per heavy atom. The number of rotatable bonds is 8. The van der Waals surface area contributed by atoms with Crippen LogP contribution in [0.5, 0.6) is 0 Å². The normalized spacial score (nSPS) is 19.4. The summed E-state index contributed by atoms with van der Waals surface area (Å²) in [5.41, 5.74) is 3.11. The van der Waals surface area contributed by atoms with Gasteiger partial charge in [-0.25, -0.2) is 15.0 Å². The minimum absolute atomic E-state index is 0.105. The van der Waals surface area contributed by atoms with Gasteiger partial charge in [0.25, 0.3) is 0 Å². The molecule has 1 fully saturated rings. The number of aromatic nitrogens is 5. The third-order valence-electron chi connectivity index (χ3n) is 6.63. The molecule has 3 heterocycles. The van der Waals surface area contributed by atoms with Crippen molar-refractivity contribution in [3.63, 3.8) is 0 Å². The number of hydrogen-bond donors (Lipinski definition) is 1. The van der Waals surface area contributed by atoms with Crippen LogP contribution in [0.1, 0.15) is 82.3 Å². The van der Waals surface area contributed by atoms with Crippen molar-refractivity contribution < 1.29 is 4.79 Å². The molecule has 1 saturated carbocycles. The monoisotopic (exact) mass is 446 g/mol. The van der Waals surface area contributed by atoms with Gasteiger partial charge in [0.1, 0.15) is 5.82 Å². The van der Waals surface area contributed by atoms with E-state index in [9.17, 15) is 4.79 Å². The highest BCUT2D eigenvalue weighted by molar-refractivity contribution is 5.76. The van der Waals surface area contributed by atoms with Crippen LogP contribution in [0.4, 0.5) is 0 Å². The molecule has 1 amide bonds. The maximum absolute atomic E-state index is 12.4. The van der Waals surface area contributed by atoms with Gasteiger partial charge >= 0.3 is 0 Å². The lowest BCUT2D eigenvalue weighted by Crippen LogP contribution is -2.32. The van der Waals surface area contributed by atoms with Crippen molar-refractivity contribution in [2.45, 2.75) is 70.8 Å². The van der Waals surface area contributed by atoms with Crippen molar-refractivity contribution in [2.24, 2.45) is 5.92 Å². The van der Waals surface area contributed by atoms with Crippen LogP contribution in [0.2, 0.25) is 0 Å². The minimum atomic E-state index is 0.105. The van der Waals surface area contributed by atoms with Crippen LogP contribution in [0.3, 0.4) is 0 Å². The summed E-state index contributed by atoms with van der Waals surface area (Å²) in [7, 11) is 0. The molecule has 0 aromatic carbocycles. The first-order valence-corrected chi connectivity index (χ1v) is 12.0. The molecule has 1 aliphatic carbocycles. The van der Waals surface area contributed by atoms with E-state index in [2.05, 4.69) is 34.1 Å². The average Bonchev–Trinajstić information content (AvgIpc) is 3.39. The van der Waals surface area contributed by atoms with Gasteiger partial charge in [0.2, 0.25) is 5.91 Å². The zero-order valence-corrected chi connectivity index (χ0v) is 19.8. The van der Waals surface area contributed by atoms with Crippen molar-refractivity contribution in [1.29, 1.82) is 0 Å². The number of hydrogen-bond acceptors (Lipinski definition) is 5. The topological polar surface area (TPSA) is 85.6 Å². The lowest BCUT2D eigenvalue weighted by Gasteiger charge is -2.29. The van der Waals surface area contributed by atoms with Gasteiger partial charge in [0.15, 0.2) is 0 Å². The standard InChI is InChI=1S/C26H34N6O/c1-18(2)26-30-16-22(23-6-4-5-11-28-23)25(31-26)21-9-7-20(8-10-21)15-29-24(33)14-19(3)32-13-12-27-17-32/h4-6,11-13,16-21H,7-10,14-15H2,1-3H3,(H,29,33). The van der Waals surface area contributed by atoms with Gasteiger partial charge in [-0.3, -0.25) is 9.78 Å². The molecule has 1 unspecified atom stereocenters. The Labute approximate surface area is 196 Å². The summed E-state index contributed by atoms with van der Waals surface area (Å²) in [5.74, 6) is 2.20. The molecular weight excluding hydrogens is 412 g/mol. The molecule has 0 saturated heterocycles. The van der Waals surface area contributed by atoms with Crippen LogP contribution in [-0.2, 0) is 4.79 Å². The number of carbonyl (C=O) groups excluding carboxylic acids is 1. The molecule has 174 valence electrons. The molecule has 3 aromatic heterocycles. The van der Waals surface area contributed by atoms with E-state index in [0.29, 0.717) is 18.3 Å². The molecule has 0 bridgehead atoms. The number of pyridine rings is 1. The second-order valence-corrected chi connectivity index (χ2v) is 9.48. The van der Waals surface area contributed by atoms with Crippen LogP contribution in [-0.4, -0.2) is 37.0 Å². The fraction of sp³-hybridized carbons (Fsp3) is 0.500. The lowest BCUT2D eigenvalue weighted by atomic mass is 9.79. The highest BCUT2D eigenvalue weighted by atomic mass is 16.1. The Balaban J connectivity index is 1.35. The van der Waals surface area contributed by atoms with E-state index < -0.39 is 0 Å². The molecule has 1 N–H and O–H groups in total. The molecule has 4 rings (SSSR count). The fourth-order valence-corrected chi connectivity index (χ4v) is 4.59. The molecule has 0 aliphatic heterocycles. The molecule has 1 aliphatic rings. The van der Waals surface area contributed by atoms with Crippen molar-refractivity contribution >= 4 is 5.91 Å². The van der Waals surface area contributed by atoms with E-state index in [1.54, 1.807) is 12.5 Å². The van der Waals surface area contributed by atoms with Gasteiger partial charge in [-0.15, -0.1) is 0 Å². The van der Waals surface area contributed by atoms with Gasteiger partial charge in [-0.05, 0) is 50.7 Å². The minimum Gasteiger partial charge on any atom is -0.356 e. The lowest BCUT2D eigenvalue weighted by molar-refractivity contribution is -0.122. The first kappa shape index (κ1) is 23.1. The molecule has 7 heteroatoms. The molecule has 1 atom stereocenters. The number of carbonyl (C=O) groups is 1. The molecule has 0 radical (unpaired) electrons. The Hall–Kier alpha value is -3.09. The van der Waals surface area contributed by atoms with Gasteiger partial charge in [-0.1, -0.05) is 19.9 Å². The quantitative estimate of drug-likeness (QED) is 0.532. The van der Waals surface area contributed by atoms with Crippen LogP contribution in [0, 0.1) is 5.92 Å². The van der Waals surface area contributed by atoms with E-state index in [-0.39, 0.29) is 17.9 Å². The largest absolute Gasteiger partial charge is 0.356 e. The van der Waals surface area contributed by atoms with E-state index in [0.717, 1.165) is 55.0 Å². The molecule has 0 spiro atoms. The fourth-order valence-electron chi connectivity index (χ4n) is 4.59. The number of imidazole rings is 1. The highest BCUT2D eigenvalue weighted by Gasteiger charge is 2.27. The second kappa shape index (κ2) is 10.7. The molecule has 7 nitrogen and oxygen atoms in total. The van der Waals surface area contributed by atoms with Crippen molar-refractivity contribution in [3.05, 3.63) is 60.8 Å². The Bertz CT molecular complexity index is 1030. The van der Waals surface area contributed by atoms with E-state index >= 15 is 0 Å². The van der Waals surface area contributed by atoms with Gasteiger partial charge in [0.05, 0.1) is 17.7 Å². The van der Waals surface area contributed by atoms with E-state index in [1.165, 1.54) is 0 Å². The van der Waals surface area contributed by atoms with Crippen LogP contribution in [0.15, 0.2) is 49.3 Å². The summed E-state index contributed by atoms with van der Waals surface area (Å²) < 4.78 is 1.97. The average molecular weight is 447 g/mol. The Morgan fingerprint density at radius 1 is 1.12 bits per heavy atom. The van der Waals surface area contributed by atoms with E-state index in [4.69, 9.17) is 4.98 Å². The first-order valence-electron chi connectivity index (χ1n) is 12.0. The van der Waals surface area contributed by atoms with Gasteiger partial charge in [-0.2, -0.15) is 0 Å². The summed E-state index contributed by atoms with van der Waals surface area (Å²) in [5, 5.41) is 3.15. The molecule has 33 heavy (non-hydrogen) atoms.